The minimum Gasteiger partial charge on any atom is -0.497 e. The molecule has 0 fully saturated rings. The van der Waals surface area contributed by atoms with Crippen molar-refractivity contribution in [2.45, 2.75) is 33.2 Å². The van der Waals surface area contributed by atoms with Crippen LogP contribution >= 0.6 is 0 Å². The normalized spacial score (nSPS) is 12.1. The number of urea groups is 1. The molecule has 1 aromatic carbocycles. The number of nitrogens with one attached hydrogen (secondary N) is 2. The summed E-state index contributed by atoms with van der Waals surface area (Å²) in [5, 5.41) is 5.73. The first-order valence-electron chi connectivity index (χ1n) is 7.37. The van der Waals surface area contributed by atoms with Gasteiger partial charge in [0.1, 0.15) is 5.75 Å². The average Bonchev–Trinajstić information content (AvgIpc) is 2.48. The molecule has 0 aromatic heterocycles. The van der Waals surface area contributed by atoms with Crippen LogP contribution in [0.1, 0.15) is 25.8 Å². The van der Waals surface area contributed by atoms with Crippen LogP contribution in [0.25, 0.3) is 0 Å². The Balaban J connectivity index is 2.40. The van der Waals surface area contributed by atoms with E-state index in [1.54, 1.807) is 7.11 Å². The first kappa shape index (κ1) is 17.3. The molecule has 1 atom stereocenters. The third-order valence-electron chi connectivity index (χ3n) is 3.78. The standard InChI is InChI=1S/C16H27N3O2/c1-6-13(3)19(4)10-9-17-16(20)18-15-8-7-14(21-5)11-12(15)2/h7-8,11,13H,6,9-10H2,1-5H3,(H2,17,18,20)/t13-/m1/s1. The van der Waals surface area contributed by atoms with E-state index in [0.29, 0.717) is 12.6 Å². The van der Waals surface area contributed by atoms with Crippen LogP contribution in [0, 0.1) is 6.92 Å². The number of anilines is 1. The van der Waals surface area contributed by atoms with Gasteiger partial charge < -0.3 is 20.3 Å². The van der Waals surface area contributed by atoms with Gasteiger partial charge in [-0.15, -0.1) is 0 Å². The van der Waals surface area contributed by atoms with Gasteiger partial charge in [-0.25, -0.2) is 4.79 Å². The molecular formula is C16H27N3O2. The fourth-order valence-corrected chi connectivity index (χ4v) is 1.95. The van der Waals surface area contributed by atoms with Crippen molar-refractivity contribution in [3.63, 3.8) is 0 Å². The number of aryl methyl sites for hydroxylation is 1. The molecule has 5 nitrogen and oxygen atoms in total. The minimum atomic E-state index is -0.180. The van der Waals surface area contributed by atoms with E-state index in [0.717, 1.165) is 30.0 Å². The molecule has 0 saturated heterocycles. The number of hydrogen-bond donors (Lipinski definition) is 2. The Kier molecular flexibility index (Phi) is 7.02. The summed E-state index contributed by atoms with van der Waals surface area (Å²) in [4.78, 5) is 14.1. The van der Waals surface area contributed by atoms with Crippen molar-refractivity contribution in [1.82, 2.24) is 10.2 Å². The zero-order valence-electron chi connectivity index (χ0n) is 13.7. The summed E-state index contributed by atoms with van der Waals surface area (Å²) in [7, 11) is 3.70. The van der Waals surface area contributed by atoms with E-state index in [-0.39, 0.29) is 6.03 Å². The van der Waals surface area contributed by atoms with Crippen LogP contribution in [0.3, 0.4) is 0 Å². The molecule has 118 valence electrons. The van der Waals surface area contributed by atoms with Crippen LogP contribution in [0.2, 0.25) is 0 Å². The predicted molar refractivity (Wildman–Crippen MR) is 87.1 cm³/mol. The van der Waals surface area contributed by atoms with Crippen LogP contribution in [0.5, 0.6) is 5.75 Å². The summed E-state index contributed by atoms with van der Waals surface area (Å²) in [6.07, 6.45) is 1.10. The molecule has 0 radical (unpaired) electrons. The van der Waals surface area contributed by atoms with E-state index < -0.39 is 0 Å². The van der Waals surface area contributed by atoms with Gasteiger partial charge in [0.05, 0.1) is 7.11 Å². The fourth-order valence-electron chi connectivity index (χ4n) is 1.95. The second kappa shape index (κ2) is 8.52. The lowest BCUT2D eigenvalue weighted by atomic mass is 10.2. The third-order valence-corrected chi connectivity index (χ3v) is 3.78. The lowest BCUT2D eigenvalue weighted by Crippen LogP contribution is -2.38. The van der Waals surface area contributed by atoms with Gasteiger partial charge in [0.2, 0.25) is 0 Å². The number of benzene rings is 1. The number of amides is 2. The maximum Gasteiger partial charge on any atom is 0.319 e. The van der Waals surface area contributed by atoms with Crippen LogP contribution < -0.4 is 15.4 Å². The molecule has 0 bridgehead atoms. The Labute approximate surface area is 127 Å². The van der Waals surface area contributed by atoms with Crippen LogP contribution in [0.4, 0.5) is 10.5 Å². The highest BCUT2D eigenvalue weighted by Gasteiger charge is 2.08. The molecule has 5 heteroatoms. The van der Waals surface area contributed by atoms with Crippen molar-refractivity contribution < 1.29 is 9.53 Å². The fraction of sp³-hybridized carbons (Fsp3) is 0.562. The second-order valence-corrected chi connectivity index (χ2v) is 5.30. The maximum atomic E-state index is 11.9. The number of rotatable bonds is 7. The van der Waals surface area contributed by atoms with Crippen molar-refractivity contribution in [2.75, 3.05) is 32.6 Å². The zero-order chi connectivity index (χ0) is 15.8. The van der Waals surface area contributed by atoms with Gasteiger partial charge in [-0.05, 0) is 51.1 Å². The third kappa shape index (κ3) is 5.63. The molecule has 0 aliphatic rings. The summed E-state index contributed by atoms with van der Waals surface area (Å²) in [5.41, 5.74) is 1.77. The van der Waals surface area contributed by atoms with Crippen molar-refractivity contribution in [3.05, 3.63) is 23.8 Å². The Morgan fingerprint density at radius 1 is 1.43 bits per heavy atom. The van der Waals surface area contributed by atoms with Gasteiger partial charge in [-0.2, -0.15) is 0 Å². The molecule has 2 amide bonds. The summed E-state index contributed by atoms with van der Waals surface area (Å²) < 4.78 is 5.15. The van der Waals surface area contributed by atoms with Crippen LogP contribution in [-0.2, 0) is 0 Å². The molecule has 1 aromatic rings. The van der Waals surface area contributed by atoms with Crippen molar-refractivity contribution in [3.8, 4) is 5.75 Å². The Bertz CT molecular complexity index is 463. The second-order valence-electron chi connectivity index (χ2n) is 5.30. The molecule has 0 aliphatic heterocycles. The van der Waals surface area contributed by atoms with E-state index in [1.807, 2.05) is 25.1 Å². The number of carbonyl (C=O) groups is 1. The van der Waals surface area contributed by atoms with Gasteiger partial charge >= 0.3 is 6.03 Å². The van der Waals surface area contributed by atoms with E-state index in [9.17, 15) is 4.79 Å². The minimum absolute atomic E-state index is 0.180. The summed E-state index contributed by atoms with van der Waals surface area (Å²) in [6, 6.07) is 5.92. The molecule has 2 N–H and O–H groups in total. The lowest BCUT2D eigenvalue weighted by Gasteiger charge is -2.23. The number of nitrogens with zero attached hydrogens (tertiary/aromatic N) is 1. The van der Waals surface area contributed by atoms with Crippen molar-refractivity contribution in [2.24, 2.45) is 0 Å². The Morgan fingerprint density at radius 3 is 2.71 bits per heavy atom. The van der Waals surface area contributed by atoms with Gasteiger partial charge in [0.15, 0.2) is 0 Å². The monoisotopic (exact) mass is 293 g/mol. The van der Waals surface area contributed by atoms with Gasteiger partial charge in [0.25, 0.3) is 0 Å². The number of likely N-dealkylation sites (N-methyl/N-ethyl adjacent to an activating group) is 1. The molecule has 21 heavy (non-hydrogen) atoms. The Morgan fingerprint density at radius 2 is 2.14 bits per heavy atom. The smallest absolute Gasteiger partial charge is 0.319 e. The molecule has 0 aliphatic carbocycles. The largest absolute Gasteiger partial charge is 0.497 e. The number of carbonyl (C=O) groups excluding carboxylic acids is 1. The van der Waals surface area contributed by atoms with Gasteiger partial charge in [0, 0.05) is 24.8 Å². The molecule has 1 rings (SSSR count). The summed E-state index contributed by atoms with van der Waals surface area (Å²) >= 11 is 0. The van der Waals surface area contributed by atoms with Crippen LogP contribution in [0.15, 0.2) is 18.2 Å². The molecule has 0 saturated carbocycles. The highest BCUT2D eigenvalue weighted by atomic mass is 16.5. The topological polar surface area (TPSA) is 53.6 Å². The lowest BCUT2D eigenvalue weighted by molar-refractivity contribution is 0.238. The first-order valence-corrected chi connectivity index (χ1v) is 7.37. The molecule has 0 unspecified atom stereocenters. The number of ether oxygens (including phenoxy) is 1. The zero-order valence-corrected chi connectivity index (χ0v) is 13.7. The first-order chi connectivity index (χ1) is 9.97. The Hall–Kier alpha value is -1.75. The highest BCUT2D eigenvalue weighted by Crippen LogP contribution is 2.20. The van der Waals surface area contributed by atoms with E-state index in [2.05, 4.69) is 36.4 Å². The van der Waals surface area contributed by atoms with Gasteiger partial charge in [-0.3, -0.25) is 0 Å². The van der Waals surface area contributed by atoms with Gasteiger partial charge in [-0.1, -0.05) is 6.92 Å². The summed E-state index contributed by atoms with van der Waals surface area (Å²) in [6.45, 7) is 7.75. The number of hydrogen-bond acceptors (Lipinski definition) is 3. The highest BCUT2D eigenvalue weighted by molar-refractivity contribution is 5.90. The predicted octanol–water partition coefficient (Wildman–Crippen LogP) is 2.86. The maximum absolute atomic E-state index is 11.9. The molecular weight excluding hydrogens is 266 g/mol. The molecule has 0 spiro atoms. The van der Waals surface area contributed by atoms with Crippen LogP contribution in [-0.4, -0.2) is 44.2 Å². The van der Waals surface area contributed by atoms with Crippen molar-refractivity contribution in [1.29, 1.82) is 0 Å². The SMILES string of the molecule is CC[C@@H](C)N(C)CCNC(=O)Nc1ccc(OC)cc1C. The van der Waals surface area contributed by atoms with E-state index >= 15 is 0 Å². The van der Waals surface area contributed by atoms with E-state index in [1.165, 1.54) is 0 Å². The van der Waals surface area contributed by atoms with Crippen molar-refractivity contribution >= 4 is 11.7 Å². The summed E-state index contributed by atoms with van der Waals surface area (Å²) in [5.74, 6) is 0.786. The average molecular weight is 293 g/mol. The van der Waals surface area contributed by atoms with E-state index in [4.69, 9.17) is 4.74 Å². The number of methoxy groups -OCH3 is 1. The molecule has 0 heterocycles. The quantitative estimate of drug-likeness (QED) is 0.813.